The standard InChI is InChI=1S/C18H36N2O/c1-14(2)17-8-6-11-20(17)12-9-16-7-5-10-18(16,13-21)19-15(3)4/h14-17,19,21H,5-13H2,1-4H3. The van der Waals surface area contributed by atoms with E-state index in [4.69, 9.17) is 0 Å². The Morgan fingerprint density at radius 2 is 1.95 bits per heavy atom. The van der Waals surface area contributed by atoms with Crippen LogP contribution in [0.4, 0.5) is 0 Å². The third-order valence-corrected chi connectivity index (χ3v) is 5.76. The fourth-order valence-corrected chi connectivity index (χ4v) is 4.79. The first-order valence-electron chi connectivity index (χ1n) is 9.11. The molecule has 2 N–H and O–H groups in total. The van der Waals surface area contributed by atoms with Gasteiger partial charge in [-0.25, -0.2) is 0 Å². The van der Waals surface area contributed by atoms with Crippen LogP contribution in [0.3, 0.4) is 0 Å². The van der Waals surface area contributed by atoms with E-state index >= 15 is 0 Å². The normalized spacial score (nSPS) is 34.4. The molecule has 1 saturated heterocycles. The molecule has 3 atom stereocenters. The molecule has 3 unspecified atom stereocenters. The van der Waals surface area contributed by atoms with E-state index in [1.807, 2.05) is 0 Å². The van der Waals surface area contributed by atoms with E-state index in [0.29, 0.717) is 18.6 Å². The highest BCUT2D eigenvalue weighted by atomic mass is 16.3. The van der Waals surface area contributed by atoms with E-state index < -0.39 is 0 Å². The highest BCUT2D eigenvalue weighted by Gasteiger charge is 2.42. The fraction of sp³-hybridized carbons (Fsp3) is 1.00. The van der Waals surface area contributed by atoms with Gasteiger partial charge in [0.05, 0.1) is 6.61 Å². The van der Waals surface area contributed by atoms with Crippen molar-refractivity contribution >= 4 is 0 Å². The Hall–Kier alpha value is -0.120. The molecule has 2 rings (SSSR count). The van der Waals surface area contributed by atoms with Gasteiger partial charge in [0.15, 0.2) is 0 Å². The Bertz CT molecular complexity index is 318. The number of likely N-dealkylation sites (tertiary alicyclic amines) is 1. The topological polar surface area (TPSA) is 35.5 Å². The molecule has 0 radical (unpaired) electrons. The maximum Gasteiger partial charge on any atom is 0.0616 e. The molecule has 21 heavy (non-hydrogen) atoms. The van der Waals surface area contributed by atoms with Crippen molar-refractivity contribution in [3.8, 4) is 0 Å². The molecule has 2 fully saturated rings. The molecule has 0 spiro atoms. The Labute approximate surface area is 131 Å². The number of nitrogens with one attached hydrogen (secondary N) is 1. The van der Waals surface area contributed by atoms with Gasteiger partial charge in [-0.3, -0.25) is 0 Å². The largest absolute Gasteiger partial charge is 0.394 e. The first kappa shape index (κ1) is 17.2. The number of hydrogen-bond acceptors (Lipinski definition) is 3. The zero-order valence-corrected chi connectivity index (χ0v) is 14.6. The minimum absolute atomic E-state index is 0.0127. The molecule has 0 amide bonds. The SMILES string of the molecule is CC(C)NC1(CO)CCCC1CCN1CCCC1C(C)C. The Morgan fingerprint density at radius 1 is 1.19 bits per heavy atom. The summed E-state index contributed by atoms with van der Waals surface area (Å²) in [5.74, 6) is 1.41. The van der Waals surface area contributed by atoms with Crippen molar-refractivity contribution in [2.75, 3.05) is 19.7 Å². The molecule has 3 nitrogen and oxygen atoms in total. The summed E-state index contributed by atoms with van der Waals surface area (Å²) in [6, 6.07) is 1.24. The van der Waals surface area contributed by atoms with E-state index in [0.717, 1.165) is 18.4 Å². The molecule has 0 aromatic rings. The average molecular weight is 296 g/mol. The van der Waals surface area contributed by atoms with Crippen molar-refractivity contribution in [3.63, 3.8) is 0 Å². The van der Waals surface area contributed by atoms with Crippen molar-refractivity contribution in [1.29, 1.82) is 0 Å². The predicted molar refractivity (Wildman–Crippen MR) is 89.5 cm³/mol. The molecular formula is C18H36N2O. The number of aliphatic hydroxyl groups excluding tert-OH is 1. The van der Waals surface area contributed by atoms with Crippen LogP contribution in [0, 0.1) is 11.8 Å². The molecule has 1 saturated carbocycles. The fourth-order valence-electron chi connectivity index (χ4n) is 4.79. The van der Waals surface area contributed by atoms with Gasteiger partial charge in [0.2, 0.25) is 0 Å². The van der Waals surface area contributed by atoms with Gasteiger partial charge in [0.1, 0.15) is 0 Å². The van der Waals surface area contributed by atoms with Gasteiger partial charge in [-0.2, -0.15) is 0 Å². The number of nitrogens with zero attached hydrogens (tertiary/aromatic N) is 1. The number of hydrogen-bond donors (Lipinski definition) is 2. The second-order valence-corrected chi connectivity index (χ2v) is 7.98. The summed E-state index contributed by atoms with van der Waals surface area (Å²) in [6.45, 7) is 11.9. The molecule has 1 heterocycles. The van der Waals surface area contributed by atoms with Gasteiger partial charge in [-0.15, -0.1) is 0 Å². The second kappa shape index (κ2) is 7.43. The van der Waals surface area contributed by atoms with E-state index in [2.05, 4.69) is 37.9 Å². The third kappa shape index (κ3) is 4.00. The summed E-state index contributed by atoms with van der Waals surface area (Å²) in [5, 5.41) is 13.7. The highest BCUT2D eigenvalue weighted by molar-refractivity contribution is 5.00. The Balaban J connectivity index is 1.92. The van der Waals surface area contributed by atoms with Crippen LogP contribution in [0.2, 0.25) is 0 Å². The van der Waals surface area contributed by atoms with Gasteiger partial charge >= 0.3 is 0 Å². The zero-order valence-electron chi connectivity index (χ0n) is 14.6. The van der Waals surface area contributed by atoms with Crippen LogP contribution in [0.5, 0.6) is 0 Å². The van der Waals surface area contributed by atoms with E-state index in [-0.39, 0.29) is 5.54 Å². The van der Waals surface area contributed by atoms with Crippen LogP contribution in [0.15, 0.2) is 0 Å². The van der Waals surface area contributed by atoms with Crippen molar-refractivity contribution in [2.45, 2.75) is 83.8 Å². The summed E-state index contributed by atoms with van der Waals surface area (Å²) in [5.41, 5.74) is -0.0127. The molecule has 0 aromatic carbocycles. The van der Waals surface area contributed by atoms with Crippen LogP contribution in [-0.2, 0) is 0 Å². The quantitative estimate of drug-likeness (QED) is 0.758. The molecule has 124 valence electrons. The lowest BCUT2D eigenvalue weighted by atomic mass is 9.84. The molecule has 3 heteroatoms. The highest BCUT2D eigenvalue weighted by Crippen LogP contribution is 2.38. The smallest absolute Gasteiger partial charge is 0.0616 e. The van der Waals surface area contributed by atoms with E-state index in [1.165, 1.54) is 45.2 Å². The summed E-state index contributed by atoms with van der Waals surface area (Å²) in [7, 11) is 0. The molecular weight excluding hydrogens is 260 g/mol. The van der Waals surface area contributed by atoms with Gasteiger partial charge in [0, 0.05) is 17.6 Å². The molecule has 0 bridgehead atoms. The van der Waals surface area contributed by atoms with Crippen LogP contribution < -0.4 is 5.32 Å². The van der Waals surface area contributed by atoms with Crippen LogP contribution >= 0.6 is 0 Å². The summed E-state index contributed by atoms with van der Waals surface area (Å²) in [4.78, 5) is 2.71. The van der Waals surface area contributed by atoms with Crippen molar-refractivity contribution < 1.29 is 5.11 Å². The zero-order chi connectivity index (χ0) is 15.5. The monoisotopic (exact) mass is 296 g/mol. The van der Waals surface area contributed by atoms with Gasteiger partial charge in [-0.05, 0) is 57.0 Å². The maximum atomic E-state index is 9.99. The van der Waals surface area contributed by atoms with E-state index in [1.54, 1.807) is 0 Å². The first-order valence-corrected chi connectivity index (χ1v) is 9.11. The Kier molecular flexibility index (Phi) is 6.10. The summed E-state index contributed by atoms with van der Waals surface area (Å²) >= 11 is 0. The first-order chi connectivity index (χ1) is 9.98. The molecule has 1 aliphatic heterocycles. The minimum Gasteiger partial charge on any atom is -0.394 e. The lowest BCUT2D eigenvalue weighted by molar-refractivity contribution is 0.0988. The van der Waals surface area contributed by atoms with Gasteiger partial charge < -0.3 is 15.3 Å². The van der Waals surface area contributed by atoms with Crippen molar-refractivity contribution in [2.24, 2.45) is 11.8 Å². The number of rotatable bonds is 7. The van der Waals surface area contributed by atoms with Crippen molar-refractivity contribution in [3.05, 3.63) is 0 Å². The van der Waals surface area contributed by atoms with Crippen LogP contribution in [-0.4, -0.2) is 47.3 Å². The third-order valence-electron chi connectivity index (χ3n) is 5.76. The molecule has 1 aliphatic carbocycles. The Morgan fingerprint density at radius 3 is 2.57 bits per heavy atom. The lowest BCUT2D eigenvalue weighted by Gasteiger charge is -2.38. The van der Waals surface area contributed by atoms with Gasteiger partial charge in [0.25, 0.3) is 0 Å². The molecule has 2 aliphatic rings. The van der Waals surface area contributed by atoms with E-state index in [9.17, 15) is 5.11 Å². The summed E-state index contributed by atoms with van der Waals surface area (Å²) < 4.78 is 0. The number of aliphatic hydroxyl groups is 1. The lowest BCUT2D eigenvalue weighted by Crippen LogP contribution is -2.54. The average Bonchev–Trinajstić information content (AvgIpc) is 3.02. The van der Waals surface area contributed by atoms with Crippen LogP contribution in [0.25, 0.3) is 0 Å². The summed E-state index contributed by atoms with van der Waals surface area (Å²) in [6.07, 6.45) is 7.66. The van der Waals surface area contributed by atoms with Crippen molar-refractivity contribution in [1.82, 2.24) is 10.2 Å². The second-order valence-electron chi connectivity index (χ2n) is 7.98. The maximum absolute atomic E-state index is 9.99. The van der Waals surface area contributed by atoms with Gasteiger partial charge in [-0.1, -0.05) is 34.1 Å². The van der Waals surface area contributed by atoms with Crippen LogP contribution in [0.1, 0.15) is 66.2 Å². The predicted octanol–water partition coefficient (Wildman–Crippen LogP) is 3.03. The minimum atomic E-state index is -0.0127. The molecule has 0 aromatic heterocycles.